The van der Waals surface area contributed by atoms with E-state index in [0.29, 0.717) is 5.02 Å². The van der Waals surface area contributed by atoms with E-state index in [9.17, 15) is 8.78 Å². The maximum atomic E-state index is 14.0. The first-order valence-electron chi connectivity index (χ1n) is 6.41. The fourth-order valence-electron chi connectivity index (χ4n) is 1.93. The molecule has 2 aromatic rings. The van der Waals surface area contributed by atoms with E-state index in [0.717, 1.165) is 5.56 Å². The van der Waals surface area contributed by atoms with Crippen LogP contribution in [0.3, 0.4) is 0 Å². The molecule has 0 saturated carbocycles. The Kier molecular flexibility index (Phi) is 4.73. The summed E-state index contributed by atoms with van der Waals surface area (Å²) in [4.78, 5) is 0. The second-order valence-electron chi connectivity index (χ2n) is 4.72. The van der Waals surface area contributed by atoms with E-state index in [1.807, 2.05) is 19.1 Å². The molecule has 0 aliphatic rings. The molecule has 2 rings (SSSR count). The molecule has 2 aromatic carbocycles. The zero-order valence-corrected chi connectivity index (χ0v) is 11.9. The van der Waals surface area contributed by atoms with Crippen molar-refractivity contribution >= 4 is 11.6 Å². The predicted octanol–water partition coefficient (Wildman–Crippen LogP) is 4.78. The molecule has 0 saturated heterocycles. The van der Waals surface area contributed by atoms with Gasteiger partial charge in [0.2, 0.25) is 0 Å². The molecule has 0 amide bonds. The third kappa shape index (κ3) is 3.78. The Labute approximate surface area is 122 Å². The van der Waals surface area contributed by atoms with Gasteiger partial charge in [-0.2, -0.15) is 8.78 Å². The summed E-state index contributed by atoms with van der Waals surface area (Å²) in [6.45, 7) is 1.45. The van der Waals surface area contributed by atoms with E-state index in [2.05, 4.69) is 5.32 Å². The predicted molar refractivity (Wildman–Crippen MR) is 78.2 cm³/mol. The van der Waals surface area contributed by atoms with E-state index in [1.54, 1.807) is 30.3 Å². The zero-order valence-electron chi connectivity index (χ0n) is 11.1. The summed E-state index contributed by atoms with van der Waals surface area (Å²) >= 11 is 5.81. The molecule has 0 bridgehead atoms. The van der Waals surface area contributed by atoms with Gasteiger partial charge in [0.1, 0.15) is 0 Å². The molecule has 4 heteroatoms. The second-order valence-corrected chi connectivity index (χ2v) is 5.16. The van der Waals surface area contributed by atoms with Crippen LogP contribution in [0, 0.1) is 0 Å². The van der Waals surface area contributed by atoms with Gasteiger partial charge in [0, 0.05) is 16.6 Å². The minimum Gasteiger partial charge on any atom is -0.304 e. The number of benzene rings is 2. The number of alkyl halides is 2. The molecular formula is C16H16ClF2N. The maximum absolute atomic E-state index is 14.0. The van der Waals surface area contributed by atoms with Crippen molar-refractivity contribution in [2.45, 2.75) is 18.9 Å². The molecule has 0 spiro atoms. The highest BCUT2D eigenvalue weighted by Crippen LogP contribution is 2.27. The van der Waals surface area contributed by atoms with Gasteiger partial charge >= 0.3 is 0 Å². The lowest BCUT2D eigenvalue weighted by Crippen LogP contribution is -2.32. The summed E-state index contributed by atoms with van der Waals surface area (Å²) in [5, 5.41) is 3.50. The van der Waals surface area contributed by atoms with Crippen molar-refractivity contribution in [2.75, 3.05) is 6.54 Å². The van der Waals surface area contributed by atoms with Crippen LogP contribution in [0.4, 0.5) is 8.78 Å². The van der Waals surface area contributed by atoms with Crippen molar-refractivity contribution in [3.05, 3.63) is 70.7 Å². The molecule has 0 aromatic heterocycles. The first kappa shape index (κ1) is 14.9. The average Bonchev–Trinajstić information content (AvgIpc) is 2.46. The molecular weight excluding hydrogens is 280 g/mol. The minimum absolute atomic E-state index is 0.0239. The van der Waals surface area contributed by atoms with Gasteiger partial charge in [-0.3, -0.25) is 0 Å². The summed E-state index contributed by atoms with van der Waals surface area (Å²) < 4.78 is 28.0. The van der Waals surface area contributed by atoms with Gasteiger partial charge in [-0.25, -0.2) is 0 Å². The van der Waals surface area contributed by atoms with Crippen LogP contribution >= 0.6 is 11.6 Å². The number of hydrogen-bond donors (Lipinski definition) is 1. The molecule has 1 nitrogen and oxygen atoms in total. The molecule has 0 radical (unpaired) electrons. The lowest BCUT2D eigenvalue weighted by atomic mass is 10.1. The largest absolute Gasteiger partial charge is 0.304 e. The van der Waals surface area contributed by atoms with Crippen molar-refractivity contribution in [3.8, 4) is 0 Å². The molecule has 0 aliphatic heterocycles. The molecule has 1 N–H and O–H groups in total. The van der Waals surface area contributed by atoms with Crippen LogP contribution in [0.2, 0.25) is 5.02 Å². The fourth-order valence-corrected chi connectivity index (χ4v) is 2.06. The Balaban J connectivity index is 1.99. The summed E-state index contributed by atoms with van der Waals surface area (Å²) in [5.74, 6) is -2.89. The Morgan fingerprint density at radius 2 is 1.65 bits per heavy atom. The van der Waals surface area contributed by atoms with Crippen molar-refractivity contribution in [2.24, 2.45) is 0 Å². The molecule has 106 valence electrons. The standard InChI is InChI=1S/C16H16ClF2N/c1-12(13-7-9-15(17)10-8-13)20-11-16(18,19)14-5-3-2-4-6-14/h2-10,12,20H,11H2,1H3/t12-/m1/s1. The van der Waals surface area contributed by atoms with Crippen LogP contribution in [-0.2, 0) is 5.92 Å². The van der Waals surface area contributed by atoms with Gasteiger partial charge in [-0.05, 0) is 24.6 Å². The third-order valence-corrected chi connectivity index (χ3v) is 3.45. The van der Waals surface area contributed by atoms with E-state index in [-0.39, 0.29) is 11.6 Å². The van der Waals surface area contributed by atoms with Gasteiger partial charge in [-0.15, -0.1) is 0 Å². The topological polar surface area (TPSA) is 12.0 Å². The van der Waals surface area contributed by atoms with Crippen LogP contribution in [0.1, 0.15) is 24.1 Å². The summed E-state index contributed by atoms with van der Waals surface area (Å²) in [5.41, 5.74) is 0.953. The number of nitrogens with one attached hydrogen (secondary N) is 1. The highest BCUT2D eigenvalue weighted by Gasteiger charge is 2.31. The Hall–Kier alpha value is -1.45. The van der Waals surface area contributed by atoms with Crippen molar-refractivity contribution in [1.29, 1.82) is 0 Å². The van der Waals surface area contributed by atoms with Crippen molar-refractivity contribution in [1.82, 2.24) is 5.32 Å². The summed E-state index contributed by atoms with van der Waals surface area (Å²) in [6.07, 6.45) is 0. The first-order chi connectivity index (χ1) is 9.49. The van der Waals surface area contributed by atoms with E-state index in [4.69, 9.17) is 11.6 Å². The Bertz CT molecular complexity index is 540. The first-order valence-corrected chi connectivity index (χ1v) is 6.79. The monoisotopic (exact) mass is 295 g/mol. The van der Waals surface area contributed by atoms with E-state index >= 15 is 0 Å². The van der Waals surface area contributed by atoms with Crippen LogP contribution in [0.15, 0.2) is 54.6 Å². The number of hydrogen-bond acceptors (Lipinski definition) is 1. The second kappa shape index (κ2) is 6.33. The molecule has 20 heavy (non-hydrogen) atoms. The number of halogens is 3. The summed E-state index contributed by atoms with van der Waals surface area (Å²) in [7, 11) is 0. The maximum Gasteiger partial charge on any atom is 0.285 e. The lowest BCUT2D eigenvalue weighted by Gasteiger charge is -2.21. The minimum atomic E-state index is -2.89. The van der Waals surface area contributed by atoms with Gasteiger partial charge in [0.05, 0.1) is 6.54 Å². The van der Waals surface area contributed by atoms with Gasteiger partial charge < -0.3 is 5.32 Å². The lowest BCUT2D eigenvalue weighted by molar-refractivity contribution is -0.00534. The Morgan fingerprint density at radius 3 is 2.25 bits per heavy atom. The zero-order chi connectivity index (χ0) is 14.6. The molecule has 0 aliphatic carbocycles. The fraction of sp³-hybridized carbons (Fsp3) is 0.250. The third-order valence-electron chi connectivity index (χ3n) is 3.20. The van der Waals surface area contributed by atoms with Crippen molar-refractivity contribution < 1.29 is 8.78 Å². The molecule has 0 fully saturated rings. The van der Waals surface area contributed by atoms with E-state index < -0.39 is 12.5 Å². The molecule has 1 atom stereocenters. The average molecular weight is 296 g/mol. The van der Waals surface area contributed by atoms with Crippen LogP contribution in [0.5, 0.6) is 0 Å². The molecule has 0 unspecified atom stereocenters. The highest BCUT2D eigenvalue weighted by atomic mass is 35.5. The Morgan fingerprint density at radius 1 is 1.05 bits per heavy atom. The quantitative estimate of drug-likeness (QED) is 0.837. The van der Waals surface area contributed by atoms with Crippen LogP contribution < -0.4 is 5.32 Å². The van der Waals surface area contributed by atoms with Crippen LogP contribution in [-0.4, -0.2) is 6.54 Å². The number of rotatable bonds is 5. The highest BCUT2D eigenvalue weighted by molar-refractivity contribution is 6.30. The van der Waals surface area contributed by atoms with Crippen LogP contribution in [0.25, 0.3) is 0 Å². The smallest absolute Gasteiger partial charge is 0.285 e. The summed E-state index contributed by atoms with van der Waals surface area (Å²) in [6, 6.07) is 14.8. The molecule has 0 heterocycles. The van der Waals surface area contributed by atoms with Gasteiger partial charge in [0.25, 0.3) is 5.92 Å². The van der Waals surface area contributed by atoms with E-state index in [1.165, 1.54) is 12.1 Å². The SMILES string of the molecule is C[C@@H](NCC(F)(F)c1ccccc1)c1ccc(Cl)cc1. The normalized spacial score (nSPS) is 13.2. The van der Waals surface area contributed by atoms with Gasteiger partial charge in [-0.1, -0.05) is 54.1 Å². The van der Waals surface area contributed by atoms with Crippen molar-refractivity contribution in [3.63, 3.8) is 0 Å². The van der Waals surface area contributed by atoms with Gasteiger partial charge in [0.15, 0.2) is 0 Å².